The standard InChI is InChI=1S/C12H17NOS/c13-5-8-15-7-4-10-1-2-12-11(9-10)3-6-14-12/h1-2,9H,3-8,13H2. The summed E-state index contributed by atoms with van der Waals surface area (Å²) in [7, 11) is 0. The van der Waals surface area contributed by atoms with Gasteiger partial charge >= 0.3 is 0 Å². The lowest BCUT2D eigenvalue weighted by Crippen LogP contribution is -2.02. The van der Waals surface area contributed by atoms with E-state index in [9.17, 15) is 0 Å². The summed E-state index contributed by atoms with van der Waals surface area (Å²) < 4.78 is 5.47. The van der Waals surface area contributed by atoms with Gasteiger partial charge < -0.3 is 10.5 Å². The molecule has 0 saturated heterocycles. The van der Waals surface area contributed by atoms with Crippen LogP contribution < -0.4 is 10.5 Å². The van der Waals surface area contributed by atoms with Crippen molar-refractivity contribution in [2.75, 3.05) is 24.7 Å². The summed E-state index contributed by atoms with van der Waals surface area (Å²) in [5, 5.41) is 0. The maximum absolute atomic E-state index is 5.47. The Hall–Kier alpha value is -0.670. The first kappa shape index (κ1) is 10.8. The zero-order chi connectivity index (χ0) is 10.5. The van der Waals surface area contributed by atoms with Crippen LogP contribution in [0.3, 0.4) is 0 Å². The maximum atomic E-state index is 5.47. The molecule has 0 aliphatic carbocycles. The smallest absolute Gasteiger partial charge is 0.122 e. The van der Waals surface area contributed by atoms with Gasteiger partial charge in [-0.15, -0.1) is 0 Å². The monoisotopic (exact) mass is 223 g/mol. The van der Waals surface area contributed by atoms with Gasteiger partial charge in [-0.25, -0.2) is 0 Å². The first-order chi connectivity index (χ1) is 7.40. The lowest BCUT2D eigenvalue weighted by molar-refractivity contribution is 0.357. The van der Waals surface area contributed by atoms with Crippen LogP contribution in [0.1, 0.15) is 11.1 Å². The van der Waals surface area contributed by atoms with Gasteiger partial charge in [-0.2, -0.15) is 11.8 Å². The summed E-state index contributed by atoms with van der Waals surface area (Å²) in [6.45, 7) is 1.63. The van der Waals surface area contributed by atoms with Gasteiger partial charge in [0.15, 0.2) is 0 Å². The van der Waals surface area contributed by atoms with E-state index >= 15 is 0 Å². The first-order valence-electron chi connectivity index (χ1n) is 5.42. The second-order valence-corrected chi connectivity index (χ2v) is 4.92. The molecule has 1 heterocycles. The Morgan fingerprint density at radius 3 is 3.13 bits per heavy atom. The highest BCUT2D eigenvalue weighted by atomic mass is 32.2. The predicted octanol–water partition coefficient (Wildman–Crippen LogP) is 1.86. The minimum atomic E-state index is 0.780. The number of hydrogen-bond donors (Lipinski definition) is 1. The molecule has 3 heteroatoms. The first-order valence-corrected chi connectivity index (χ1v) is 6.58. The van der Waals surface area contributed by atoms with Crippen molar-refractivity contribution in [2.45, 2.75) is 12.8 Å². The van der Waals surface area contributed by atoms with Crippen LogP contribution in [0.25, 0.3) is 0 Å². The van der Waals surface area contributed by atoms with Crippen molar-refractivity contribution >= 4 is 11.8 Å². The van der Waals surface area contributed by atoms with E-state index in [1.807, 2.05) is 11.8 Å². The lowest BCUT2D eigenvalue weighted by Gasteiger charge is -2.03. The number of aryl methyl sites for hydroxylation is 1. The average Bonchev–Trinajstić information content (AvgIpc) is 2.71. The molecule has 0 unspecified atom stereocenters. The highest BCUT2D eigenvalue weighted by Gasteiger charge is 2.11. The molecule has 1 aliphatic rings. The molecule has 2 nitrogen and oxygen atoms in total. The molecule has 82 valence electrons. The molecular weight excluding hydrogens is 206 g/mol. The quantitative estimate of drug-likeness (QED) is 0.774. The van der Waals surface area contributed by atoms with Crippen molar-refractivity contribution in [3.05, 3.63) is 29.3 Å². The Morgan fingerprint density at radius 2 is 2.27 bits per heavy atom. The minimum absolute atomic E-state index is 0.780. The van der Waals surface area contributed by atoms with Crippen LogP contribution in [0.2, 0.25) is 0 Å². The largest absolute Gasteiger partial charge is 0.493 e. The molecule has 0 spiro atoms. The van der Waals surface area contributed by atoms with Gasteiger partial charge in [-0.1, -0.05) is 12.1 Å². The van der Waals surface area contributed by atoms with Crippen LogP contribution in [-0.2, 0) is 12.8 Å². The summed E-state index contributed by atoms with van der Waals surface area (Å²) >= 11 is 1.93. The Labute approximate surface area is 95.2 Å². The molecule has 1 aromatic rings. The van der Waals surface area contributed by atoms with Gasteiger partial charge in [0.1, 0.15) is 5.75 Å². The zero-order valence-electron chi connectivity index (χ0n) is 8.87. The zero-order valence-corrected chi connectivity index (χ0v) is 9.69. The van der Waals surface area contributed by atoms with E-state index in [4.69, 9.17) is 10.5 Å². The summed E-state index contributed by atoms with van der Waals surface area (Å²) in [6.07, 6.45) is 2.21. The average molecular weight is 223 g/mol. The molecule has 1 aliphatic heterocycles. The van der Waals surface area contributed by atoms with E-state index < -0.39 is 0 Å². The lowest BCUT2D eigenvalue weighted by atomic mass is 10.1. The summed E-state index contributed by atoms with van der Waals surface area (Å²) in [6, 6.07) is 6.56. The molecule has 0 amide bonds. The molecule has 0 bridgehead atoms. The number of thioether (sulfide) groups is 1. The predicted molar refractivity (Wildman–Crippen MR) is 65.7 cm³/mol. The van der Waals surface area contributed by atoms with Crippen molar-refractivity contribution in [3.63, 3.8) is 0 Å². The van der Waals surface area contributed by atoms with Gasteiger partial charge in [0, 0.05) is 18.7 Å². The summed E-state index contributed by atoms with van der Waals surface area (Å²) in [5.41, 5.74) is 8.24. The van der Waals surface area contributed by atoms with Crippen LogP contribution in [-0.4, -0.2) is 24.7 Å². The number of ether oxygens (including phenoxy) is 1. The third kappa shape index (κ3) is 2.89. The van der Waals surface area contributed by atoms with Crippen molar-refractivity contribution in [1.82, 2.24) is 0 Å². The number of fused-ring (bicyclic) bond motifs is 1. The third-order valence-corrected chi connectivity index (χ3v) is 3.57. The van der Waals surface area contributed by atoms with Crippen molar-refractivity contribution < 1.29 is 4.74 Å². The highest BCUT2D eigenvalue weighted by Crippen LogP contribution is 2.26. The SMILES string of the molecule is NCCSCCc1ccc2c(c1)CCO2. The topological polar surface area (TPSA) is 35.2 Å². The van der Waals surface area contributed by atoms with Gasteiger partial charge in [-0.05, 0) is 29.4 Å². The minimum Gasteiger partial charge on any atom is -0.493 e. The number of rotatable bonds is 5. The molecule has 0 fully saturated rings. The van der Waals surface area contributed by atoms with Gasteiger partial charge in [0.05, 0.1) is 6.61 Å². The Morgan fingerprint density at radius 1 is 1.33 bits per heavy atom. The van der Waals surface area contributed by atoms with E-state index in [-0.39, 0.29) is 0 Å². The van der Waals surface area contributed by atoms with Crippen molar-refractivity contribution in [3.8, 4) is 5.75 Å². The van der Waals surface area contributed by atoms with E-state index in [0.29, 0.717) is 0 Å². The van der Waals surface area contributed by atoms with Crippen molar-refractivity contribution in [1.29, 1.82) is 0 Å². The van der Waals surface area contributed by atoms with E-state index in [0.717, 1.165) is 43.2 Å². The van der Waals surface area contributed by atoms with Gasteiger partial charge in [-0.3, -0.25) is 0 Å². The van der Waals surface area contributed by atoms with Gasteiger partial charge in [0.2, 0.25) is 0 Å². The molecule has 0 aromatic heterocycles. The highest BCUT2D eigenvalue weighted by molar-refractivity contribution is 7.99. The fourth-order valence-corrected chi connectivity index (χ4v) is 2.52. The fraction of sp³-hybridized carbons (Fsp3) is 0.500. The molecule has 0 saturated carbocycles. The summed E-state index contributed by atoms with van der Waals surface area (Å²) in [5.74, 6) is 3.30. The van der Waals surface area contributed by atoms with Crippen LogP contribution in [0.15, 0.2) is 18.2 Å². The van der Waals surface area contributed by atoms with Crippen LogP contribution in [0, 0.1) is 0 Å². The molecule has 2 N–H and O–H groups in total. The third-order valence-electron chi connectivity index (χ3n) is 2.55. The van der Waals surface area contributed by atoms with E-state index in [2.05, 4.69) is 18.2 Å². The second-order valence-electron chi connectivity index (χ2n) is 3.69. The molecular formula is C12H17NOS. The Bertz CT molecular complexity index is 327. The maximum Gasteiger partial charge on any atom is 0.122 e. The second kappa shape index (κ2) is 5.42. The Kier molecular flexibility index (Phi) is 3.92. The molecule has 0 atom stereocenters. The fourth-order valence-electron chi connectivity index (χ4n) is 1.77. The number of nitrogens with two attached hydrogens (primary N) is 1. The molecule has 1 aromatic carbocycles. The number of benzene rings is 1. The van der Waals surface area contributed by atoms with Crippen LogP contribution in [0.5, 0.6) is 5.75 Å². The number of hydrogen-bond acceptors (Lipinski definition) is 3. The van der Waals surface area contributed by atoms with Gasteiger partial charge in [0.25, 0.3) is 0 Å². The summed E-state index contributed by atoms with van der Waals surface area (Å²) in [4.78, 5) is 0. The molecule has 2 rings (SSSR count). The Balaban J connectivity index is 1.87. The van der Waals surface area contributed by atoms with E-state index in [1.54, 1.807) is 0 Å². The molecule has 0 radical (unpaired) electrons. The van der Waals surface area contributed by atoms with Crippen LogP contribution >= 0.6 is 11.8 Å². The van der Waals surface area contributed by atoms with E-state index in [1.165, 1.54) is 11.1 Å². The molecule has 15 heavy (non-hydrogen) atoms. The van der Waals surface area contributed by atoms with Crippen molar-refractivity contribution in [2.24, 2.45) is 5.73 Å². The van der Waals surface area contributed by atoms with Crippen LogP contribution in [0.4, 0.5) is 0 Å². The normalized spacial score (nSPS) is 13.7.